The largest absolute Gasteiger partial charge is 0.423 e. The third-order valence-corrected chi connectivity index (χ3v) is 9.43. The van der Waals surface area contributed by atoms with Gasteiger partial charge in [-0.1, -0.05) is 21.6 Å². The van der Waals surface area contributed by atoms with E-state index in [1.54, 1.807) is 45.9 Å². The Kier molecular flexibility index (Phi) is 10.0. The first-order valence-corrected chi connectivity index (χ1v) is 16.2. The number of anilines is 2. The Hall–Kier alpha value is -2.62. The first-order valence-electron chi connectivity index (χ1n) is 11.5. The number of hydrogen-bond acceptors (Lipinski definition) is 8. The van der Waals surface area contributed by atoms with E-state index in [0.29, 0.717) is 47.1 Å². The van der Waals surface area contributed by atoms with Crippen LogP contribution < -0.4 is 30.1 Å². The fourth-order valence-corrected chi connectivity index (χ4v) is 7.01. The van der Waals surface area contributed by atoms with Gasteiger partial charge in [0.2, 0.25) is 0 Å². The van der Waals surface area contributed by atoms with Gasteiger partial charge in [-0.3, -0.25) is 9.44 Å². The number of benzene rings is 2. The Morgan fingerprint density at radius 3 is 1.53 bits per heavy atom. The summed E-state index contributed by atoms with van der Waals surface area (Å²) < 4.78 is 46.4. The summed E-state index contributed by atoms with van der Waals surface area (Å²) in [5.41, 5.74) is 2.84. The van der Waals surface area contributed by atoms with Crippen molar-refractivity contribution in [2.24, 2.45) is 0 Å². The van der Waals surface area contributed by atoms with Crippen molar-refractivity contribution in [1.82, 2.24) is 9.44 Å². The minimum atomic E-state index is -1.50. The molecule has 0 fully saturated rings. The van der Waals surface area contributed by atoms with Crippen LogP contribution in [-0.2, 0) is 22.3 Å². The summed E-state index contributed by atoms with van der Waals surface area (Å²) >= 11 is -3.00. The summed E-state index contributed by atoms with van der Waals surface area (Å²) in [4.78, 5) is 23.1. The van der Waals surface area contributed by atoms with Crippen LogP contribution >= 0.6 is 21.6 Å². The lowest BCUT2D eigenvalue weighted by Gasteiger charge is -2.09. The Labute approximate surface area is 231 Å². The molecule has 0 spiro atoms. The second-order valence-corrected chi connectivity index (χ2v) is 12.9. The van der Waals surface area contributed by atoms with E-state index >= 15 is 0 Å². The molecule has 0 saturated heterocycles. The molecule has 4 rings (SSSR count). The van der Waals surface area contributed by atoms with Gasteiger partial charge in [0.15, 0.2) is 22.3 Å². The van der Waals surface area contributed by atoms with Crippen LogP contribution in [0.5, 0.6) is 0 Å². The molecule has 2 aromatic carbocycles. The van der Waals surface area contributed by atoms with Gasteiger partial charge in [0.05, 0.1) is 11.4 Å². The zero-order chi connectivity index (χ0) is 27.1. The molecule has 0 amide bonds. The van der Waals surface area contributed by atoms with Gasteiger partial charge in [-0.05, 0) is 49.2 Å². The fraction of sp³-hybridized carbons (Fsp3) is 0.250. The van der Waals surface area contributed by atoms with Crippen LogP contribution in [0.1, 0.15) is 11.1 Å². The van der Waals surface area contributed by atoms with Crippen molar-refractivity contribution >= 4 is 77.2 Å². The van der Waals surface area contributed by atoms with Crippen LogP contribution in [0, 0.1) is 13.8 Å². The van der Waals surface area contributed by atoms with Crippen LogP contribution in [0.2, 0.25) is 0 Å². The van der Waals surface area contributed by atoms with E-state index in [4.69, 9.17) is 8.83 Å². The Balaban J connectivity index is 1.10. The van der Waals surface area contributed by atoms with E-state index in [1.807, 2.05) is 26.0 Å². The predicted octanol–water partition coefficient (Wildman–Crippen LogP) is 3.76. The van der Waals surface area contributed by atoms with E-state index in [2.05, 4.69) is 18.9 Å². The molecule has 0 aliphatic heterocycles. The van der Waals surface area contributed by atoms with Crippen molar-refractivity contribution < 1.29 is 17.3 Å². The normalized spacial score (nSPS) is 13.0. The van der Waals surface area contributed by atoms with E-state index in [0.717, 1.165) is 21.9 Å². The standard InChI is InChI=1S/C24H26N4O6S4/c1-15-11-23(29)33-21-13-17(3-5-19(15)21)27-37(31)25-7-9-35-36-10-8-26-38(32)28-18-4-6-20-16(2)12-24(30)34-22(20)14-18/h3-6,11-14,25-28H,7-10H2,1-2H3. The van der Waals surface area contributed by atoms with Crippen LogP contribution in [0.4, 0.5) is 11.4 Å². The van der Waals surface area contributed by atoms with Gasteiger partial charge in [0, 0.05) is 59.6 Å². The van der Waals surface area contributed by atoms with E-state index < -0.39 is 33.6 Å². The molecule has 38 heavy (non-hydrogen) atoms. The molecule has 10 nitrogen and oxygen atoms in total. The van der Waals surface area contributed by atoms with Crippen LogP contribution in [0.15, 0.2) is 67.0 Å². The van der Waals surface area contributed by atoms with Gasteiger partial charge >= 0.3 is 11.3 Å². The van der Waals surface area contributed by atoms with Gasteiger partial charge in [-0.2, -0.15) is 0 Å². The molecule has 0 bridgehead atoms. The number of aryl methyl sites for hydroxylation is 2. The van der Waals surface area contributed by atoms with Gasteiger partial charge in [0.25, 0.3) is 0 Å². The molecule has 2 heterocycles. The van der Waals surface area contributed by atoms with Crippen molar-refractivity contribution in [2.75, 3.05) is 34.0 Å². The molecule has 2 unspecified atom stereocenters. The van der Waals surface area contributed by atoms with Gasteiger partial charge < -0.3 is 8.83 Å². The zero-order valence-electron chi connectivity index (χ0n) is 20.5. The quantitative estimate of drug-likeness (QED) is 0.104. The van der Waals surface area contributed by atoms with Crippen molar-refractivity contribution in [3.8, 4) is 0 Å². The maximum atomic E-state index is 12.3. The summed E-state index contributed by atoms with van der Waals surface area (Å²) in [7, 11) is 3.21. The van der Waals surface area contributed by atoms with Crippen LogP contribution in [0.3, 0.4) is 0 Å². The molecule has 2 atom stereocenters. The number of hydrogen-bond donors (Lipinski definition) is 4. The number of nitrogens with one attached hydrogen (secondary N) is 4. The molecule has 0 radical (unpaired) electrons. The monoisotopic (exact) mass is 594 g/mol. The predicted molar refractivity (Wildman–Crippen MR) is 159 cm³/mol. The first kappa shape index (κ1) is 28.4. The van der Waals surface area contributed by atoms with E-state index in [1.165, 1.54) is 12.1 Å². The van der Waals surface area contributed by atoms with E-state index in [-0.39, 0.29) is 0 Å². The molecular formula is C24H26N4O6S4. The maximum absolute atomic E-state index is 12.3. The topological polar surface area (TPSA) is 143 Å². The Morgan fingerprint density at radius 2 is 1.11 bits per heavy atom. The summed E-state index contributed by atoms with van der Waals surface area (Å²) in [6, 6.07) is 13.4. The summed E-state index contributed by atoms with van der Waals surface area (Å²) in [6.07, 6.45) is 0. The maximum Gasteiger partial charge on any atom is 0.336 e. The molecule has 0 saturated carbocycles. The third-order valence-electron chi connectivity index (χ3n) is 5.24. The smallest absolute Gasteiger partial charge is 0.336 e. The van der Waals surface area contributed by atoms with Crippen molar-refractivity contribution in [2.45, 2.75) is 13.8 Å². The highest BCUT2D eigenvalue weighted by Gasteiger charge is 2.07. The van der Waals surface area contributed by atoms with Gasteiger partial charge in [0.1, 0.15) is 11.2 Å². The molecule has 14 heteroatoms. The average molecular weight is 595 g/mol. The highest BCUT2D eigenvalue weighted by Crippen LogP contribution is 2.22. The minimum absolute atomic E-state index is 0.421. The Morgan fingerprint density at radius 1 is 0.684 bits per heavy atom. The molecule has 2 aromatic heterocycles. The summed E-state index contributed by atoms with van der Waals surface area (Å²) in [6.45, 7) is 4.70. The number of fused-ring (bicyclic) bond motifs is 2. The first-order chi connectivity index (χ1) is 18.3. The van der Waals surface area contributed by atoms with Crippen molar-refractivity contribution in [3.05, 3.63) is 80.5 Å². The fourth-order valence-electron chi connectivity index (χ4n) is 3.53. The SMILES string of the molecule is Cc1cc(=O)oc2cc(NS(=O)NCCSSCCNS(=O)Nc3ccc4c(C)cc(=O)oc4c3)ccc12. The lowest BCUT2D eigenvalue weighted by Crippen LogP contribution is -2.26. The summed E-state index contributed by atoms with van der Waals surface area (Å²) in [5.74, 6) is 1.43. The van der Waals surface area contributed by atoms with Crippen molar-refractivity contribution in [1.29, 1.82) is 0 Å². The molecule has 4 aromatic rings. The van der Waals surface area contributed by atoms with Gasteiger partial charge in [-0.25, -0.2) is 27.5 Å². The molecular weight excluding hydrogens is 569 g/mol. The summed E-state index contributed by atoms with van der Waals surface area (Å²) in [5, 5.41) is 1.66. The molecule has 0 aliphatic carbocycles. The second-order valence-electron chi connectivity index (χ2n) is 8.09. The zero-order valence-corrected chi connectivity index (χ0v) is 23.8. The van der Waals surface area contributed by atoms with Crippen molar-refractivity contribution in [3.63, 3.8) is 0 Å². The Bertz CT molecular complexity index is 1490. The third kappa shape index (κ3) is 7.94. The van der Waals surface area contributed by atoms with Crippen LogP contribution in [-0.4, -0.2) is 33.0 Å². The highest BCUT2D eigenvalue weighted by atomic mass is 33.1. The lowest BCUT2D eigenvalue weighted by atomic mass is 10.1. The second kappa shape index (κ2) is 13.4. The minimum Gasteiger partial charge on any atom is -0.423 e. The average Bonchev–Trinajstić information content (AvgIpc) is 2.85. The van der Waals surface area contributed by atoms with Crippen LogP contribution in [0.25, 0.3) is 21.9 Å². The molecule has 202 valence electrons. The number of rotatable bonds is 13. The molecule has 4 N–H and O–H groups in total. The van der Waals surface area contributed by atoms with Gasteiger partial charge in [-0.15, -0.1) is 0 Å². The highest BCUT2D eigenvalue weighted by molar-refractivity contribution is 8.76. The lowest BCUT2D eigenvalue weighted by molar-refractivity contribution is 0.559. The molecule has 0 aliphatic rings. The van der Waals surface area contributed by atoms with E-state index in [9.17, 15) is 18.0 Å².